The van der Waals surface area contributed by atoms with E-state index in [0.717, 1.165) is 32.5 Å². The molecule has 0 spiro atoms. The Kier molecular flexibility index (Phi) is 7.12. The fraction of sp³-hybridized carbons (Fsp3) is 0.450. The first kappa shape index (κ1) is 19.3. The first-order valence-electron chi connectivity index (χ1n) is 9.51. The topological polar surface area (TPSA) is 83.3 Å². The summed E-state index contributed by atoms with van der Waals surface area (Å²) in [6.45, 7) is 3.45. The third-order valence-corrected chi connectivity index (χ3v) is 4.77. The summed E-state index contributed by atoms with van der Waals surface area (Å²) in [5.74, 6) is -0.238. The zero-order chi connectivity index (χ0) is 18.9. The molecular formula is C20H27N5O2. The number of carbonyl (C=O) groups excluding carboxylic acids is 1. The van der Waals surface area contributed by atoms with Crippen molar-refractivity contribution >= 4 is 12.0 Å². The average molecular weight is 369 g/mol. The highest BCUT2D eigenvalue weighted by molar-refractivity contribution is 5.91. The minimum Gasteiger partial charge on any atom is -0.396 e. The lowest BCUT2D eigenvalue weighted by molar-refractivity contribution is 0.0946. The van der Waals surface area contributed by atoms with Gasteiger partial charge in [0.15, 0.2) is 5.69 Å². The SMILES string of the molecule is O=C(NCCCO)c1cn(C2CCN(C/C=C/c3ccccc3)CC2)nn1. The quantitative estimate of drug-likeness (QED) is 0.693. The lowest BCUT2D eigenvalue weighted by Gasteiger charge is -2.30. The van der Waals surface area contributed by atoms with Gasteiger partial charge >= 0.3 is 0 Å². The predicted octanol–water partition coefficient (Wildman–Crippen LogP) is 1.74. The van der Waals surface area contributed by atoms with Gasteiger partial charge in [0.25, 0.3) is 5.91 Å². The van der Waals surface area contributed by atoms with Crippen LogP contribution in [0.4, 0.5) is 0 Å². The summed E-state index contributed by atoms with van der Waals surface area (Å²) in [7, 11) is 0. The van der Waals surface area contributed by atoms with Crippen molar-refractivity contribution in [2.75, 3.05) is 32.8 Å². The summed E-state index contributed by atoms with van der Waals surface area (Å²) in [5.41, 5.74) is 1.56. The Hall–Kier alpha value is -2.51. The Morgan fingerprint density at radius 2 is 2.04 bits per heavy atom. The Morgan fingerprint density at radius 3 is 2.78 bits per heavy atom. The van der Waals surface area contributed by atoms with E-state index >= 15 is 0 Å². The highest BCUT2D eigenvalue weighted by Crippen LogP contribution is 2.21. The molecule has 1 saturated heterocycles. The summed E-state index contributed by atoms with van der Waals surface area (Å²) >= 11 is 0. The van der Waals surface area contributed by atoms with E-state index < -0.39 is 0 Å². The van der Waals surface area contributed by atoms with Crippen molar-refractivity contribution in [3.05, 3.63) is 53.9 Å². The summed E-state index contributed by atoms with van der Waals surface area (Å²) in [5, 5.41) is 19.6. The molecule has 1 fully saturated rings. The number of carbonyl (C=O) groups is 1. The zero-order valence-electron chi connectivity index (χ0n) is 15.5. The van der Waals surface area contributed by atoms with E-state index in [1.807, 2.05) is 22.9 Å². The molecule has 0 atom stereocenters. The lowest BCUT2D eigenvalue weighted by atomic mass is 10.1. The third-order valence-electron chi connectivity index (χ3n) is 4.77. The van der Waals surface area contributed by atoms with Crippen LogP contribution < -0.4 is 5.32 Å². The van der Waals surface area contributed by atoms with Gasteiger partial charge in [0, 0.05) is 32.8 Å². The van der Waals surface area contributed by atoms with Gasteiger partial charge in [-0.3, -0.25) is 9.69 Å². The van der Waals surface area contributed by atoms with Crippen LogP contribution in [0, 0.1) is 0 Å². The first-order chi connectivity index (χ1) is 13.3. The normalized spacial score (nSPS) is 16.0. The molecule has 2 heterocycles. The van der Waals surface area contributed by atoms with Gasteiger partial charge in [0.2, 0.25) is 0 Å². The number of piperidine rings is 1. The van der Waals surface area contributed by atoms with Crippen LogP contribution in [-0.2, 0) is 0 Å². The number of aliphatic hydroxyl groups is 1. The van der Waals surface area contributed by atoms with Crippen molar-refractivity contribution in [3.63, 3.8) is 0 Å². The number of nitrogens with zero attached hydrogens (tertiary/aromatic N) is 4. The van der Waals surface area contributed by atoms with Gasteiger partial charge in [0.1, 0.15) is 0 Å². The summed E-state index contributed by atoms with van der Waals surface area (Å²) < 4.78 is 1.82. The van der Waals surface area contributed by atoms with Crippen molar-refractivity contribution in [2.24, 2.45) is 0 Å². The lowest BCUT2D eigenvalue weighted by Crippen LogP contribution is -2.34. The smallest absolute Gasteiger partial charge is 0.273 e. The maximum atomic E-state index is 12.0. The van der Waals surface area contributed by atoms with E-state index in [1.165, 1.54) is 5.56 Å². The molecule has 27 heavy (non-hydrogen) atoms. The van der Waals surface area contributed by atoms with Crippen LogP contribution in [0.25, 0.3) is 6.08 Å². The number of hydrogen-bond acceptors (Lipinski definition) is 5. The zero-order valence-corrected chi connectivity index (χ0v) is 15.5. The molecule has 7 heteroatoms. The van der Waals surface area contributed by atoms with Crippen molar-refractivity contribution in [3.8, 4) is 0 Å². The fourth-order valence-corrected chi connectivity index (χ4v) is 3.20. The number of benzene rings is 1. The molecule has 0 radical (unpaired) electrons. The number of nitrogens with one attached hydrogen (secondary N) is 1. The maximum Gasteiger partial charge on any atom is 0.273 e. The molecule has 0 unspecified atom stereocenters. The monoisotopic (exact) mass is 369 g/mol. The third kappa shape index (κ3) is 5.74. The summed E-state index contributed by atoms with van der Waals surface area (Å²) in [6, 6.07) is 10.6. The fourth-order valence-electron chi connectivity index (χ4n) is 3.20. The average Bonchev–Trinajstić information content (AvgIpc) is 3.20. The molecule has 1 aliphatic heterocycles. The molecule has 3 rings (SSSR count). The number of amides is 1. The minimum absolute atomic E-state index is 0.0616. The van der Waals surface area contributed by atoms with E-state index in [1.54, 1.807) is 6.20 Å². The van der Waals surface area contributed by atoms with E-state index in [0.29, 0.717) is 18.7 Å². The molecule has 2 aromatic rings. The summed E-state index contributed by atoms with van der Waals surface area (Å²) in [6.07, 6.45) is 8.62. The van der Waals surface area contributed by atoms with Crippen molar-refractivity contribution in [1.82, 2.24) is 25.2 Å². The molecule has 0 saturated carbocycles. The van der Waals surface area contributed by atoms with E-state index in [2.05, 4.69) is 44.8 Å². The number of likely N-dealkylation sites (tertiary alicyclic amines) is 1. The van der Waals surface area contributed by atoms with Gasteiger partial charge < -0.3 is 10.4 Å². The maximum absolute atomic E-state index is 12.0. The minimum atomic E-state index is -0.238. The molecule has 0 bridgehead atoms. The number of aliphatic hydroxyl groups excluding tert-OH is 1. The van der Waals surface area contributed by atoms with Gasteiger partial charge in [0.05, 0.1) is 12.2 Å². The van der Waals surface area contributed by atoms with Crippen LogP contribution in [0.1, 0.15) is 41.4 Å². The number of hydrogen-bond donors (Lipinski definition) is 2. The number of aromatic nitrogens is 3. The molecule has 144 valence electrons. The molecule has 0 aliphatic carbocycles. The van der Waals surface area contributed by atoms with Crippen LogP contribution in [0.15, 0.2) is 42.6 Å². The van der Waals surface area contributed by atoms with Gasteiger partial charge in [-0.05, 0) is 24.8 Å². The Morgan fingerprint density at radius 1 is 1.26 bits per heavy atom. The van der Waals surface area contributed by atoms with E-state index in [4.69, 9.17) is 5.11 Å². The highest BCUT2D eigenvalue weighted by Gasteiger charge is 2.22. The first-order valence-corrected chi connectivity index (χ1v) is 9.51. The number of rotatable bonds is 8. The standard InChI is InChI=1S/C20H27N5O2/c26-15-5-11-21-20(27)19-16-25(23-22-19)18-9-13-24(14-10-18)12-4-8-17-6-2-1-3-7-17/h1-4,6-8,16,18,26H,5,9-15H2,(H,21,27)/b8-4+. The second kappa shape index (κ2) is 9.99. The van der Waals surface area contributed by atoms with E-state index in [9.17, 15) is 4.79 Å². The molecule has 1 aliphatic rings. The molecule has 1 amide bonds. The van der Waals surface area contributed by atoms with Gasteiger partial charge in [-0.1, -0.05) is 47.7 Å². The molecule has 7 nitrogen and oxygen atoms in total. The van der Waals surface area contributed by atoms with Crippen molar-refractivity contribution in [2.45, 2.75) is 25.3 Å². The second-order valence-corrected chi connectivity index (χ2v) is 6.76. The van der Waals surface area contributed by atoms with Crippen molar-refractivity contribution < 1.29 is 9.90 Å². The van der Waals surface area contributed by atoms with Crippen LogP contribution in [-0.4, -0.2) is 63.7 Å². The Labute approximate surface area is 159 Å². The molecular weight excluding hydrogens is 342 g/mol. The van der Waals surface area contributed by atoms with Crippen molar-refractivity contribution in [1.29, 1.82) is 0 Å². The van der Waals surface area contributed by atoms with Gasteiger partial charge in [-0.25, -0.2) is 4.68 Å². The highest BCUT2D eigenvalue weighted by atomic mass is 16.3. The van der Waals surface area contributed by atoms with Gasteiger partial charge in [-0.15, -0.1) is 5.10 Å². The largest absolute Gasteiger partial charge is 0.396 e. The van der Waals surface area contributed by atoms with Gasteiger partial charge in [-0.2, -0.15) is 0 Å². The van der Waals surface area contributed by atoms with Crippen LogP contribution in [0.2, 0.25) is 0 Å². The van der Waals surface area contributed by atoms with Crippen LogP contribution in [0.5, 0.6) is 0 Å². The van der Waals surface area contributed by atoms with Crippen LogP contribution in [0.3, 0.4) is 0 Å². The molecule has 2 N–H and O–H groups in total. The molecule has 1 aromatic heterocycles. The van der Waals surface area contributed by atoms with E-state index in [-0.39, 0.29) is 18.6 Å². The summed E-state index contributed by atoms with van der Waals surface area (Å²) in [4.78, 5) is 14.4. The molecule has 1 aromatic carbocycles. The second-order valence-electron chi connectivity index (χ2n) is 6.76. The Balaban J connectivity index is 1.44. The van der Waals surface area contributed by atoms with Crippen LogP contribution >= 0.6 is 0 Å². The predicted molar refractivity (Wildman–Crippen MR) is 104 cm³/mol. The Bertz CT molecular complexity index is 736.